The van der Waals surface area contributed by atoms with Gasteiger partial charge in [0, 0.05) is 17.5 Å². The molecule has 36 heavy (non-hydrogen) atoms. The number of nitriles is 1. The van der Waals surface area contributed by atoms with Crippen LogP contribution in [0.2, 0.25) is 0 Å². The summed E-state index contributed by atoms with van der Waals surface area (Å²) >= 11 is 0. The van der Waals surface area contributed by atoms with Crippen LogP contribution in [0.1, 0.15) is 42.4 Å². The molecular formula is C26H31N5O5. The van der Waals surface area contributed by atoms with Crippen LogP contribution in [0.5, 0.6) is 5.75 Å². The Bertz CT molecular complexity index is 1290. The van der Waals surface area contributed by atoms with Crippen LogP contribution in [0, 0.1) is 16.7 Å². The van der Waals surface area contributed by atoms with Gasteiger partial charge in [0.15, 0.2) is 5.69 Å². The van der Waals surface area contributed by atoms with Gasteiger partial charge in [-0.05, 0) is 23.6 Å². The Labute approximate surface area is 209 Å². The van der Waals surface area contributed by atoms with Crippen molar-refractivity contribution in [3.63, 3.8) is 0 Å². The molecule has 10 nitrogen and oxygen atoms in total. The number of carbonyl (C=O) groups is 2. The highest BCUT2D eigenvalue weighted by molar-refractivity contribution is 6.06. The SMILES string of the molecule is COc1cc(C#N)ccc1Cn1nc(C(=O)NC(C(=O)NC[C@@H](O)CO)C(C)(C)C)c2ccccc21. The van der Waals surface area contributed by atoms with Gasteiger partial charge < -0.3 is 25.6 Å². The van der Waals surface area contributed by atoms with Crippen molar-refractivity contribution in [2.24, 2.45) is 5.41 Å². The van der Waals surface area contributed by atoms with E-state index in [9.17, 15) is 14.7 Å². The molecule has 1 heterocycles. The number of hydrogen-bond donors (Lipinski definition) is 4. The molecule has 2 aromatic carbocycles. The van der Waals surface area contributed by atoms with Crippen molar-refractivity contribution >= 4 is 22.7 Å². The first-order valence-electron chi connectivity index (χ1n) is 11.5. The normalized spacial score (nSPS) is 13.0. The van der Waals surface area contributed by atoms with Crippen LogP contribution in [0.25, 0.3) is 10.9 Å². The van der Waals surface area contributed by atoms with E-state index >= 15 is 0 Å². The Morgan fingerprint density at radius 2 is 1.94 bits per heavy atom. The van der Waals surface area contributed by atoms with E-state index in [0.29, 0.717) is 23.2 Å². The Morgan fingerprint density at radius 1 is 1.22 bits per heavy atom. The molecule has 0 spiro atoms. The Balaban J connectivity index is 1.92. The van der Waals surface area contributed by atoms with Crippen molar-refractivity contribution in [2.75, 3.05) is 20.3 Å². The average Bonchev–Trinajstić information content (AvgIpc) is 3.23. The summed E-state index contributed by atoms with van der Waals surface area (Å²) in [5.41, 5.74) is 1.50. The molecule has 0 bridgehead atoms. The van der Waals surface area contributed by atoms with Gasteiger partial charge in [-0.2, -0.15) is 10.4 Å². The number of fused-ring (bicyclic) bond motifs is 1. The molecule has 0 fully saturated rings. The van der Waals surface area contributed by atoms with Crippen molar-refractivity contribution < 1.29 is 24.5 Å². The maximum Gasteiger partial charge on any atom is 0.273 e. The molecule has 1 aromatic heterocycles. The van der Waals surface area contributed by atoms with Gasteiger partial charge in [0.05, 0.1) is 43.5 Å². The summed E-state index contributed by atoms with van der Waals surface area (Å²) in [5, 5.41) is 38.3. The smallest absolute Gasteiger partial charge is 0.273 e. The van der Waals surface area contributed by atoms with Crippen LogP contribution < -0.4 is 15.4 Å². The van der Waals surface area contributed by atoms with Crippen LogP contribution >= 0.6 is 0 Å². The van der Waals surface area contributed by atoms with Crippen molar-refractivity contribution in [3.05, 3.63) is 59.3 Å². The lowest BCUT2D eigenvalue weighted by Gasteiger charge is -2.30. The lowest BCUT2D eigenvalue weighted by Crippen LogP contribution is -2.54. The zero-order valence-corrected chi connectivity index (χ0v) is 20.8. The Morgan fingerprint density at radius 3 is 2.58 bits per heavy atom. The first kappa shape index (κ1) is 26.7. The molecule has 0 saturated carbocycles. The summed E-state index contributed by atoms with van der Waals surface area (Å²) < 4.78 is 7.12. The van der Waals surface area contributed by atoms with E-state index < -0.39 is 36.0 Å². The van der Waals surface area contributed by atoms with Crippen molar-refractivity contribution in [1.82, 2.24) is 20.4 Å². The van der Waals surface area contributed by atoms with Crippen LogP contribution in [-0.4, -0.2) is 64.2 Å². The second-order valence-corrected chi connectivity index (χ2v) is 9.52. The minimum Gasteiger partial charge on any atom is -0.496 e. The number of aromatic nitrogens is 2. The number of benzene rings is 2. The summed E-state index contributed by atoms with van der Waals surface area (Å²) in [6.07, 6.45) is -1.09. The van der Waals surface area contributed by atoms with Gasteiger partial charge in [-0.25, -0.2) is 0 Å². The van der Waals surface area contributed by atoms with E-state index in [1.165, 1.54) is 7.11 Å². The number of para-hydroxylation sites is 1. The molecule has 3 rings (SSSR count). The van der Waals surface area contributed by atoms with Crippen molar-refractivity contribution in [1.29, 1.82) is 5.26 Å². The molecule has 1 unspecified atom stereocenters. The number of hydrogen-bond acceptors (Lipinski definition) is 7. The van der Waals surface area contributed by atoms with E-state index in [1.807, 2.05) is 32.9 Å². The van der Waals surface area contributed by atoms with E-state index in [0.717, 1.165) is 11.1 Å². The number of nitrogens with one attached hydrogen (secondary N) is 2. The molecule has 2 atom stereocenters. The van der Waals surface area contributed by atoms with Crippen molar-refractivity contribution in [2.45, 2.75) is 39.5 Å². The minimum atomic E-state index is -1.09. The van der Waals surface area contributed by atoms with Crippen LogP contribution in [-0.2, 0) is 11.3 Å². The molecule has 0 aliphatic heterocycles. The number of amides is 2. The molecule has 4 N–H and O–H groups in total. The van der Waals surface area contributed by atoms with Gasteiger partial charge in [0.2, 0.25) is 5.91 Å². The van der Waals surface area contributed by atoms with Gasteiger partial charge >= 0.3 is 0 Å². The number of carbonyl (C=O) groups excluding carboxylic acids is 2. The van der Waals surface area contributed by atoms with Crippen molar-refractivity contribution in [3.8, 4) is 11.8 Å². The average molecular weight is 494 g/mol. The monoisotopic (exact) mass is 493 g/mol. The second-order valence-electron chi connectivity index (χ2n) is 9.52. The summed E-state index contributed by atoms with van der Waals surface area (Å²) in [7, 11) is 1.53. The third-order valence-electron chi connectivity index (χ3n) is 5.74. The van der Waals surface area contributed by atoms with Crippen LogP contribution in [0.15, 0.2) is 42.5 Å². The summed E-state index contributed by atoms with van der Waals surface area (Å²) in [6.45, 7) is 5.11. The van der Waals surface area contributed by atoms with Gasteiger partial charge in [-0.1, -0.05) is 45.0 Å². The summed E-state index contributed by atoms with van der Waals surface area (Å²) in [4.78, 5) is 26.2. The fourth-order valence-electron chi connectivity index (χ4n) is 3.78. The number of ether oxygens (including phenoxy) is 1. The van der Waals surface area contributed by atoms with Gasteiger partial charge in [-0.3, -0.25) is 14.3 Å². The van der Waals surface area contributed by atoms with Gasteiger partial charge in [0.25, 0.3) is 5.91 Å². The molecule has 190 valence electrons. The van der Waals surface area contributed by atoms with Gasteiger partial charge in [-0.15, -0.1) is 0 Å². The molecule has 0 radical (unpaired) electrons. The minimum absolute atomic E-state index is 0.137. The third-order valence-corrected chi connectivity index (χ3v) is 5.74. The highest BCUT2D eigenvalue weighted by Gasteiger charge is 2.34. The predicted octanol–water partition coefficient (Wildman–Crippen LogP) is 1.58. The fourth-order valence-corrected chi connectivity index (χ4v) is 3.78. The zero-order chi connectivity index (χ0) is 26.5. The second kappa shape index (κ2) is 11.2. The van der Waals surface area contributed by atoms with Crippen LogP contribution in [0.3, 0.4) is 0 Å². The molecular weight excluding hydrogens is 462 g/mol. The summed E-state index contributed by atoms with van der Waals surface area (Å²) in [6, 6.07) is 13.6. The predicted molar refractivity (Wildman–Crippen MR) is 133 cm³/mol. The fraction of sp³-hybridized carbons (Fsp3) is 0.385. The zero-order valence-electron chi connectivity index (χ0n) is 20.8. The number of aliphatic hydroxyl groups excluding tert-OH is 2. The first-order chi connectivity index (χ1) is 17.1. The molecule has 0 aliphatic carbocycles. The van der Waals surface area contributed by atoms with Gasteiger partial charge in [0.1, 0.15) is 11.8 Å². The highest BCUT2D eigenvalue weighted by Crippen LogP contribution is 2.25. The van der Waals surface area contributed by atoms with E-state index in [4.69, 9.17) is 15.1 Å². The number of methoxy groups -OCH3 is 1. The lowest BCUT2D eigenvalue weighted by atomic mass is 9.86. The number of nitrogens with zero attached hydrogens (tertiary/aromatic N) is 3. The Hall–Kier alpha value is -3.94. The van der Waals surface area contributed by atoms with E-state index in [2.05, 4.69) is 21.8 Å². The molecule has 10 heteroatoms. The quantitative estimate of drug-likeness (QED) is 0.353. The molecule has 3 aromatic rings. The third kappa shape index (κ3) is 6.00. The maximum absolute atomic E-state index is 13.4. The topological polar surface area (TPSA) is 149 Å². The lowest BCUT2D eigenvalue weighted by molar-refractivity contribution is -0.125. The highest BCUT2D eigenvalue weighted by atomic mass is 16.5. The Kier molecular flexibility index (Phi) is 8.29. The first-order valence-corrected chi connectivity index (χ1v) is 11.5. The van der Waals surface area contributed by atoms with E-state index in [1.54, 1.807) is 35.0 Å². The maximum atomic E-state index is 13.4. The molecule has 2 amide bonds. The molecule has 0 aliphatic rings. The number of aliphatic hydroxyl groups is 2. The van der Waals surface area contributed by atoms with Crippen LogP contribution in [0.4, 0.5) is 0 Å². The molecule has 0 saturated heterocycles. The standard InChI is InChI=1S/C26H31N5O5/c1-26(2,3)23(25(35)28-13-18(33)15-32)29-24(34)22-19-7-5-6-8-20(19)31(30-22)14-17-10-9-16(12-27)11-21(17)36-4/h5-11,18,23,32-33H,13-15H2,1-4H3,(H,28,35)(H,29,34)/t18-,23?/m1/s1. The number of rotatable bonds is 9. The largest absolute Gasteiger partial charge is 0.496 e. The van der Waals surface area contributed by atoms with E-state index in [-0.39, 0.29) is 12.2 Å². The summed E-state index contributed by atoms with van der Waals surface area (Å²) in [5.74, 6) is -0.460.